The SMILES string of the molecule is Cn1c(=O)c2c(ncn2CC(=O)N/N=C2\SCC(=O)N2c2ccc(Br)cc2)n(C)c1=O. The summed E-state index contributed by atoms with van der Waals surface area (Å²) in [5.74, 6) is -0.454. The highest BCUT2D eigenvalue weighted by molar-refractivity contribution is 9.10. The van der Waals surface area contributed by atoms with Gasteiger partial charge < -0.3 is 4.57 Å². The van der Waals surface area contributed by atoms with Crippen LogP contribution in [0.2, 0.25) is 0 Å². The fourth-order valence-corrected chi connectivity index (χ4v) is 4.20. The van der Waals surface area contributed by atoms with Gasteiger partial charge in [0.05, 0.1) is 17.8 Å². The zero-order valence-corrected chi connectivity index (χ0v) is 18.8. The van der Waals surface area contributed by atoms with E-state index in [1.807, 2.05) is 0 Å². The van der Waals surface area contributed by atoms with Gasteiger partial charge >= 0.3 is 5.69 Å². The van der Waals surface area contributed by atoms with E-state index in [0.717, 1.165) is 9.04 Å². The van der Waals surface area contributed by atoms with Gasteiger partial charge in [0.25, 0.3) is 11.5 Å². The molecule has 4 rings (SSSR count). The van der Waals surface area contributed by atoms with Crippen LogP contribution in [0, 0.1) is 0 Å². The Morgan fingerprint density at radius 1 is 1.19 bits per heavy atom. The lowest BCUT2D eigenvalue weighted by Crippen LogP contribution is -2.38. The summed E-state index contributed by atoms with van der Waals surface area (Å²) in [5, 5.41) is 4.43. The van der Waals surface area contributed by atoms with Crippen molar-refractivity contribution in [3.05, 3.63) is 55.9 Å². The van der Waals surface area contributed by atoms with Crippen LogP contribution < -0.4 is 21.6 Å². The van der Waals surface area contributed by atoms with Gasteiger partial charge in [-0.1, -0.05) is 27.7 Å². The summed E-state index contributed by atoms with van der Waals surface area (Å²) in [7, 11) is 2.86. The number of carbonyl (C=O) groups is 2. The first kappa shape index (κ1) is 21.1. The second kappa shape index (κ2) is 8.15. The van der Waals surface area contributed by atoms with Gasteiger partial charge in [-0.3, -0.25) is 28.4 Å². The first-order chi connectivity index (χ1) is 14.8. The molecule has 0 bridgehead atoms. The molecule has 1 aliphatic rings. The number of thioether (sulfide) groups is 1. The lowest BCUT2D eigenvalue weighted by Gasteiger charge is -2.16. The number of halogens is 1. The number of aromatic nitrogens is 4. The Balaban J connectivity index is 1.56. The minimum absolute atomic E-state index is 0.134. The van der Waals surface area contributed by atoms with E-state index in [2.05, 4.69) is 31.4 Å². The third kappa shape index (κ3) is 3.81. The zero-order valence-electron chi connectivity index (χ0n) is 16.4. The molecule has 1 aliphatic heterocycles. The van der Waals surface area contributed by atoms with E-state index in [4.69, 9.17) is 0 Å². The summed E-state index contributed by atoms with van der Waals surface area (Å²) in [4.78, 5) is 54.7. The van der Waals surface area contributed by atoms with E-state index in [1.54, 1.807) is 24.3 Å². The Bertz CT molecular complexity index is 1360. The van der Waals surface area contributed by atoms with Gasteiger partial charge in [-0.25, -0.2) is 15.2 Å². The number of rotatable bonds is 4. The van der Waals surface area contributed by atoms with Crippen LogP contribution >= 0.6 is 27.7 Å². The molecule has 3 heterocycles. The first-order valence-electron chi connectivity index (χ1n) is 8.96. The van der Waals surface area contributed by atoms with Crippen LogP contribution in [0.1, 0.15) is 0 Å². The maximum absolute atomic E-state index is 12.5. The molecule has 0 aliphatic carbocycles. The van der Waals surface area contributed by atoms with Gasteiger partial charge in [0.2, 0.25) is 5.91 Å². The van der Waals surface area contributed by atoms with Crippen molar-refractivity contribution in [2.75, 3.05) is 10.7 Å². The number of carbonyl (C=O) groups excluding carboxylic acids is 2. The second-order valence-electron chi connectivity index (χ2n) is 6.67. The van der Waals surface area contributed by atoms with Gasteiger partial charge in [0.1, 0.15) is 6.54 Å². The maximum atomic E-state index is 12.5. The number of hydrogen-bond acceptors (Lipinski definition) is 7. The maximum Gasteiger partial charge on any atom is 0.332 e. The summed E-state index contributed by atoms with van der Waals surface area (Å²) < 4.78 is 4.42. The summed E-state index contributed by atoms with van der Waals surface area (Å²) in [6, 6.07) is 7.14. The summed E-state index contributed by atoms with van der Waals surface area (Å²) in [6.07, 6.45) is 1.32. The van der Waals surface area contributed by atoms with Gasteiger partial charge in [-0.2, -0.15) is 0 Å². The van der Waals surface area contributed by atoms with Gasteiger partial charge in [0, 0.05) is 18.6 Å². The molecule has 13 heteroatoms. The number of imidazole rings is 1. The normalized spacial score (nSPS) is 15.3. The number of fused-ring (bicyclic) bond motifs is 1. The van der Waals surface area contributed by atoms with Crippen molar-refractivity contribution >= 4 is 61.5 Å². The fraction of sp³-hybridized carbons (Fsp3) is 0.222. The third-order valence-electron chi connectivity index (χ3n) is 4.66. The zero-order chi connectivity index (χ0) is 22.3. The largest absolute Gasteiger partial charge is 0.332 e. The molecule has 1 aromatic carbocycles. The highest BCUT2D eigenvalue weighted by atomic mass is 79.9. The monoisotopic (exact) mass is 505 g/mol. The molecule has 1 saturated heterocycles. The Hall–Kier alpha value is -3.19. The van der Waals surface area contributed by atoms with Crippen molar-refractivity contribution in [2.24, 2.45) is 19.2 Å². The number of amides is 2. The topological polar surface area (TPSA) is 124 Å². The molecule has 0 saturated carbocycles. The van der Waals surface area contributed by atoms with E-state index in [9.17, 15) is 19.2 Å². The molecular formula is C18H16BrN7O4S. The molecule has 31 heavy (non-hydrogen) atoms. The number of anilines is 1. The molecule has 3 aromatic rings. The molecule has 160 valence electrons. The van der Waals surface area contributed by atoms with Crippen LogP contribution in [0.4, 0.5) is 5.69 Å². The Morgan fingerprint density at radius 3 is 2.61 bits per heavy atom. The predicted octanol–water partition coefficient (Wildman–Crippen LogP) is 0.363. The smallest absolute Gasteiger partial charge is 0.315 e. The highest BCUT2D eigenvalue weighted by Gasteiger charge is 2.30. The minimum atomic E-state index is -0.548. The van der Waals surface area contributed by atoms with Crippen LogP contribution in [0.15, 0.2) is 49.8 Å². The van der Waals surface area contributed by atoms with E-state index in [0.29, 0.717) is 10.9 Å². The molecule has 2 amide bonds. The van der Waals surface area contributed by atoms with Crippen molar-refractivity contribution in [1.29, 1.82) is 0 Å². The fourth-order valence-electron chi connectivity index (χ4n) is 3.11. The van der Waals surface area contributed by atoms with Crippen LogP contribution in [0.25, 0.3) is 11.2 Å². The number of nitrogens with one attached hydrogen (secondary N) is 1. The lowest BCUT2D eigenvalue weighted by atomic mass is 10.3. The van der Waals surface area contributed by atoms with Gasteiger partial charge in [0.15, 0.2) is 16.3 Å². The Kier molecular flexibility index (Phi) is 5.54. The van der Waals surface area contributed by atoms with E-state index in [-0.39, 0.29) is 29.4 Å². The van der Waals surface area contributed by atoms with Gasteiger partial charge in [-0.15, -0.1) is 5.10 Å². The average Bonchev–Trinajstić information content (AvgIpc) is 3.33. The number of hydrogen-bond donors (Lipinski definition) is 1. The molecule has 0 spiro atoms. The van der Waals surface area contributed by atoms with Crippen LogP contribution in [0.3, 0.4) is 0 Å². The van der Waals surface area contributed by atoms with E-state index in [1.165, 1.54) is 46.2 Å². The van der Waals surface area contributed by atoms with Crippen LogP contribution in [-0.4, -0.2) is 41.4 Å². The second-order valence-corrected chi connectivity index (χ2v) is 8.53. The molecule has 0 atom stereocenters. The van der Waals surface area contributed by atoms with Crippen molar-refractivity contribution in [1.82, 2.24) is 24.1 Å². The van der Waals surface area contributed by atoms with E-state index < -0.39 is 17.2 Å². The van der Waals surface area contributed by atoms with Crippen molar-refractivity contribution in [2.45, 2.75) is 6.54 Å². The molecule has 0 unspecified atom stereocenters. The molecule has 1 fully saturated rings. The number of benzene rings is 1. The number of amidine groups is 1. The summed E-state index contributed by atoms with van der Waals surface area (Å²) in [5.41, 5.74) is 2.32. The number of aryl methyl sites for hydroxylation is 1. The van der Waals surface area contributed by atoms with Crippen molar-refractivity contribution < 1.29 is 9.59 Å². The standard InChI is InChI=1S/C18H16BrN7O4S/c1-23-15-14(16(29)24(2)18(23)30)25(9-20-15)7-12(27)21-22-17-26(13(28)8-31-17)11-5-3-10(19)4-6-11/h3-6,9H,7-8H2,1-2H3,(H,21,27)/b22-17-. The quantitative estimate of drug-likeness (QED) is 0.510. The van der Waals surface area contributed by atoms with Crippen LogP contribution in [0.5, 0.6) is 0 Å². The molecule has 11 nitrogen and oxygen atoms in total. The summed E-state index contributed by atoms with van der Waals surface area (Å²) in [6.45, 7) is -0.238. The van der Waals surface area contributed by atoms with Gasteiger partial charge in [-0.05, 0) is 24.3 Å². The third-order valence-corrected chi connectivity index (χ3v) is 6.11. The molecule has 2 aromatic heterocycles. The van der Waals surface area contributed by atoms with Crippen LogP contribution in [-0.2, 0) is 30.2 Å². The number of hydrazone groups is 1. The van der Waals surface area contributed by atoms with E-state index >= 15 is 0 Å². The first-order valence-corrected chi connectivity index (χ1v) is 10.7. The Labute approximate surface area is 187 Å². The highest BCUT2D eigenvalue weighted by Crippen LogP contribution is 2.27. The molecule has 1 N–H and O–H groups in total. The average molecular weight is 506 g/mol. The summed E-state index contributed by atoms with van der Waals surface area (Å²) >= 11 is 4.56. The molecule has 0 radical (unpaired) electrons. The van der Waals surface area contributed by atoms with Crippen molar-refractivity contribution in [3.63, 3.8) is 0 Å². The minimum Gasteiger partial charge on any atom is -0.315 e. The lowest BCUT2D eigenvalue weighted by molar-refractivity contribution is -0.121. The predicted molar refractivity (Wildman–Crippen MR) is 120 cm³/mol. The van der Waals surface area contributed by atoms with Crippen molar-refractivity contribution in [3.8, 4) is 0 Å². The Morgan fingerprint density at radius 2 is 1.90 bits per heavy atom. The number of nitrogens with zero attached hydrogens (tertiary/aromatic N) is 6. The molecular weight excluding hydrogens is 490 g/mol.